The van der Waals surface area contributed by atoms with Gasteiger partial charge in [0.25, 0.3) is 12.1 Å². The molecule has 220 valence electrons. The third-order valence-electron chi connectivity index (χ3n) is 7.10. The first-order valence-electron chi connectivity index (χ1n) is 12.5. The van der Waals surface area contributed by atoms with E-state index in [1.165, 1.54) is 28.2 Å². The lowest BCUT2D eigenvalue weighted by Gasteiger charge is -2.28. The highest BCUT2D eigenvalue weighted by Gasteiger charge is 2.54. The van der Waals surface area contributed by atoms with E-state index < -0.39 is 42.4 Å². The number of benzene rings is 1. The van der Waals surface area contributed by atoms with Crippen molar-refractivity contribution >= 4 is 47.9 Å². The number of rotatable bonds is 10. The molecule has 12 nitrogen and oxygen atoms in total. The molecule has 2 aliphatic rings. The van der Waals surface area contributed by atoms with Gasteiger partial charge in [-0.05, 0) is 31.1 Å². The van der Waals surface area contributed by atoms with Gasteiger partial charge in [-0.3, -0.25) is 9.53 Å². The molecular weight excluding hydrogens is 601 g/mol. The summed E-state index contributed by atoms with van der Waals surface area (Å²) in [5.41, 5.74) is 0.719. The van der Waals surface area contributed by atoms with Crippen LogP contribution in [0, 0.1) is 6.57 Å². The molecule has 0 bridgehead atoms. The summed E-state index contributed by atoms with van der Waals surface area (Å²) in [6.45, 7) is 9.25. The van der Waals surface area contributed by atoms with E-state index in [0.29, 0.717) is 46.2 Å². The van der Waals surface area contributed by atoms with Gasteiger partial charge in [0.2, 0.25) is 20.0 Å². The van der Waals surface area contributed by atoms with Gasteiger partial charge in [0.1, 0.15) is 5.69 Å². The Balaban J connectivity index is 1.63. The van der Waals surface area contributed by atoms with Crippen molar-refractivity contribution in [2.24, 2.45) is 7.05 Å². The highest BCUT2D eigenvalue weighted by Crippen LogP contribution is 2.41. The minimum atomic E-state index is -4.17. The van der Waals surface area contributed by atoms with Crippen LogP contribution in [0.4, 0.5) is 8.78 Å². The predicted octanol–water partition coefficient (Wildman–Crippen LogP) is 3.17. The predicted molar refractivity (Wildman–Crippen MR) is 148 cm³/mol. The smallest absolute Gasteiger partial charge is 0.299 e. The highest BCUT2D eigenvalue weighted by atomic mass is 32.2. The number of nitrogens with one attached hydrogen (secondary N) is 1. The Morgan fingerprint density at radius 2 is 1.98 bits per heavy atom. The van der Waals surface area contributed by atoms with Gasteiger partial charge in [0, 0.05) is 38.2 Å². The maximum absolute atomic E-state index is 13.5. The SMILES string of the molecule is [C-]#[N+]C1(NS(=O)(=O)c2cc(C3=CCN(S(=O)(=O)C(C)COC)CC3)c3c(c2)c(-c2nnc(C(F)F)s2)nn3C)CC1. The Morgan fingerprint density at radius 3 is 2.54 bits per heavy atom. The number of nitrogens with zero attached hydrogens (tertiary/aromatic N) is 6. The monoisotopic (exact) mass is 627 g/mol. The largest absolute Gasteiger partial charge is 0.383 e. The Kier molecular flexibility index (Phi) is 7.76. The molecule has 5 rings (SSSR count). The van der Waals surface area contributed by atoms with Crippen LogP contribution >= 0.6 is 11.3 Å². The van der Waals surface area contributed by atoms with Crippen LogP contribution in [0.15, 0.2) is 23.1 Å². The summed E-state index contributed by atoms with van der Waals surface area (Å²) >= 11 is 0.659. The van der Waals surface area contributed by atoms with E-state index in [9.17, 15) is 25.6 Å². The van der Waals surface area contributed by atoms with E-state index in [0.717, 1.165) is 0 Å². The molecule has 1 atom stereocenters. The third-order valence-corrected chi connectivity index (χ3v) is 11.7. The van der Waals surface area contributed by atoms with Crippen molar-refractivity contribution in [3.63, 3.8) is 0 Å². The van der Waals surface area contributed by atoms with E-state index in [4.69, 9.17) is 11.3 Å². The molecule has 0 radical (unpaired) electrons. The molecule has 1 N–H and O–H groups in total. The number of methoxy groups -OCH3 is 1. The molecule has 1 fully saturated rings. The minimum Gasteiger partial charge on any atom is -0.383 e. The number of alkyl halides is 2. The topological polar surface area (TPSA) is 141 Å². The molecule has 17 heteroatoms. The summed E-state index contributed by atoms with van der Waals surface area (Å²) in [6.07, 6.45) is -0.0325. The lowest BCUT2D eigenvalue weighted by atomic mass is 9.97. The van der Waals surface area contributed by atoms with E-state index in [2.05, 4.69) is 24.9 Å². The zero-order chi connectivity index (χ0) is 29.7. The second kappa shape index (κ2) is 10.7. The Morgan fingerprint density at radius 1 is 1.24 bits per heavy atom. The summed E-state index contributed by atoms with van der Waals surface area (Å²) in [5.74, 6) is 0. The fraction of sp³-hybridized carbons (Fsp3) is 0.500. The average molecular weight is 628 g/mol. The number of sulfonamides is 2. The van der Waals surface area contributed by atoms with Gasteiger partial charge in [-0.1, -0.05) is 17.4 Å². The Bertz CT molecular complexity index is 1790. The van der Waals surface area contributed by atoms with Gasteiger partial charge in [-0.25, -0.2) is 32.2 Å². The van der Waals surface area contributed by atoms with Crippen LogP contribution in [0.25, 0.3) is 32.0 Å². The summed E-state index contributed by atoms with van der Waals surface area (Å²) < 4.78 is 89.8. The summed E-state index contributed by atoms with van der Waals surface area (Å²) in [5, 5.41) is 11.1. The van der Waals surface area contributed by atoms with Crippen molar-refractivity contribution in [3.8, 4) is 10.7 Å². The Hall–Kier alpha value is -2.88. The molecule has 3 heterocycles. The number of hydrogen-bond donors (Lipinski definition) is 1. The second-order valence-corrected chi connectivity index (χ2v) is 15.0. The van der Waals surface area contributed by atoms with Crippen LogP contribution in [-0.4, -0.2) is 78.8 Å². The lowest BCUT2D eigenvalue weighted by molar-refractivity contribution is 0.150. The zero-order valence-electron chi connectivity index (χ0n) is 22.3. The van der Waals surface area contributed by atoms with Gasteiger partial charge in [0.15, 0.2) is 10.0 Å². The summed E-state index contributed by atoms with van der Waals surface area (Å²) in [4.78, 5) is 3.30. The van der Waals surface area contributed by atoms with Crippen LogP contribution in [0.3, 0.4) is 0 Å². The van der Waals surface area contributed by atoms with Crippen LogP contribution in [-0.2, 0) is 31.8 Å². The summed E-state index contributed by atoms with van der Waals surface area (Å²) in [6, 6.07) is 2.87. The lowest BCUT2D eigenvalue weighted by Crippen LogP contribution is -2.41. The number of halogens is 2. The Labute approximate surface area is 239 Å². The maximum Gasteiger partial charge on any atom is 0.299 e. The normalized spacial score (nSPS) is 18.4. The number of aromatic nitrogens is 4. The van der Waals surface area contributed by atoms with Crippen molar-refractivity contribution in [3.05, 3.63) is 40.2 Å². The molecule has 1 aliphatic heterocycles. The van der Waals surface area contributed by atoms with E-state index in [1.54, 1.807) is 20.0 Å². The van der Waals surface area contributed by atoms with Crippen LogP contribution < -0.4 is 4.72 Å². The number of aryl methyl sites for hydroxylation is 1. The van der Waals surface area contributed by atoms with Gasteiger partial charge in [-0.2, -0.15) is 9.40 Å². The average Bonchev–Trinajstić information content (AvgIpc) is 3.36. The summed E-state index contributed by atoms with van der Waals surface area (Å²) in [7, 11) is -4.72. The number of fused-ring (bicyclic) bond motifs is 1. The minimum absolute atomic E-state index is 0.0473. The molecule has 0 saturated heterocycles. The fourth-order valence-corrected chi connectivity index (χ4v) is 8.29. The standard InChI is InChI=1S/C24H27F2N7O5S3/c1-14(13-38-4)41(36,37)33-9-5-15(6-10-33)17-11-16(40(34,35)31-24(27-2)7-8-24)12-18-19(30-32(3)20(17)18)22-28-29-23(39-22)21(25)26/h5,11-12,14,21,31H,6-10,13H2,1,3-4H3. The maximum atomic E-state index is 13.5. The first kappa shape index (κ1) is 29.6. The van der Waals surface area contributed by atoms with Gasteiger partial charge in [0.05, 0.1) is 35.1 Å². The molecule has 1 saturated carbocycles. The van der Waals surface area contributed by atoms with E-state index in [1.807, 2.05) is 0 Å². The second-order valence-electron chi connectivity index (χ2n) is 9.98. The zero-order valence-corrected chi connectivity index (χ0v) is 24.8. The quantitative estimate of drug-likeness (QED) is 0.338. The molecule has 0 spiro atoms. The van der Waals surface area contributed by atoms with E-state index in [-0.39, 0.29) is 41.7 Å². The molecular formula is C24H27F2N7O5S3. The molecule has 1 unspecified atom stereocenters. The third kappa shape index (κ3) is 5.51. The van der Waals surface area contributed by atoms with Crippen molar-refractivity contribution < 1.29 is 30.4 Å². The van der Waals surface area contributed by atoms with Crippen LogP contribution in [0.2, 0.25) is 0 Å². The van der Waals surface area contributed by atoms with Crippen molar-refractivity contribution in [2.45, 2.75) is 48.4 Å². The van der Waals surface area contributed by atoms with Crippen LogP contribution in [0.5, 0.6) is 0 Å². The molecule has 2 aromatic heterocycles. The fourth-order valence-electron chi connectivity index (χ4n) is 4.73. The van der Waals surface area contributed by atoms with Crippen molar-refractivity contribution in [1.29, 1.82) is 0 Å². The molecule has 41 heavy (non-hydrogen) atoms. The van der Waals surface area contributed by atoms with Crippen molar-refractivity contribution in [2.75, 3.05) is 26.8 Å². The van der Waals surface area contributed by atoms with Gasteiger partial charge < -0.3 is 4.74 Å². The molecule has 3 aromatic rings. The van der Waals surface area contributed by atoms with Gasteiger partial charge >= 0.3 is 0 Å². The first-order chi connectivity index (χ1) is 19.3. The molecule has 1 aliphatic carbocycles. The first-order valence-corrected chi connectivity index (χ1v) is 16.3. The molecule has 0 amide bonds. The van der Waals surface area contributed by atoms with E-state index >= 15 is 0 Å². The highest BCUT2D eigenvalue weighted by molar-refractivity contribution is 7.90. The molecule has 1 aromatic carbocycles. The van der Waals surface area contributed by atoms with Gasteiger partial charge in [-0.15, -0.1) is 14.9 Å². The number of hydrogen-bond acceptors (Lipinski definition) is 9. The van der Waals surface area contributed by atoms with Crippen LogP contribution in [0.1, 0.15) is 43.2 Å². The van der Waals surface area contributed by atoms with Crippen molar-refractivity contribution in [1.82, 2.24) is 29.0 Å². The number of ether oxygens (including phenoxy) is 1.